The van der Waals surface area contributed by atoms with E-state index in [4.69, 9.17) is 9.47 Å². The van der Waals surface area contributed by atoms with Crippen LogP contribution in [0.1, 0.15) is 26.7 Å². The third kappa shape index (κ3) is 5.22. The summed E-state index contributed by atoms with van der Waals surface area (Å²) in [5.41, 5.74) is 0.336. The first-order valence-electron chi connectivity index (χ1n) is 7.26. The van der Waals surface area contributed by atoms with Gasteiger partial charge in [-0.25, -0.2) is 0 Å². The summed E-state index contributed by atoms with van der Waals surface area (Å²) in [5.74, 6) is 0. The first-order valence-corrected chi connectivity index (χ1v) is 7.26. The van der Waals surface area contributed by atoms with Gasteiger partial charge < -0.3 is 19.7 Å². The molecule has 1 aliphatic rings. The second kappa shape index (κ2) is 8.86. The highest BCUT2D eigenvalue weighted by atomic mass is 16.5. The number of hydrogen-bond donors (Lipinski definition) is 1. The molecule has 0 radical (unpaired) electrons. The van der Waals surface area contributed by atoms with E-state index in [0.717, 1.165) is 52.5 Å². The Balaban J connectivity index is 2.45. The van der Waals surface area contributed by atoms with Crippen molar-refractivity contribution >= 4 is 0 Å². The standard InChI is InChI=1S/C14H30N2O2/c1-4-16(10-11-18-5-2)12-14(13-17-3)6-8-15-9-7-14/h15H,4-13H2,1-3H3. The molecule has 0 unspecified atom stereocenters. The Bertz CT molecular complexity index is 200. The second-order valence-corrected chi connectivity index (χ2v) is 5.25. The lowest BCUT2D eigenvalue weighted by Crippen LogP contribution is -2.47. The van der Waals surface area contributed by atoms with Crippen LogP contribution in [0.5, 0.6) is 0 Å². The number of methoxy groups -OCH3 is 1. The molecule has 1 heterocycles. The predicted octanol–water partition coefficient (Wildman–Crippen LogP) is 1.36. The topological polar surface area (TPSA) is 33.7 Å². The van der Waals surface area contributed by atoms with E-state index in [-0.39, 0.29) is 0 Å². The zero-order valence-corrected chi connectivity index (χ0v) is 12.3. The van der Waals surface area contributed by atoms with Crippen molar-refractivity contribution in [3.63, 3.8) is 0 Å². The lowest BCUT2D eigenvalue weighted by Gasteiger charge is -2.40. The van der Waals surface area contributed by atoms with Crippen LogP contribution in [-0.4, -0.2) is 64.6 Å². The fourth-order valence-electron chi connectivity index (χ4n) is 2.77. The molecule has 0 bridgehead atoms. The van der Waals surface area contributed by atoms with Gasteiger partial charge in [-0.05, 0) is 39.4 Å². The molecule has 1 saturated heterocycles. The predicted molar refractivity (Wildman–Crippen MR) is 75.0 cm³/mol. The molecule has 0 aromatic rings. The molecule has 0 aromatic heterocycles. The Morgan fingerprint density at radius 1 is 1.22 bits per heavy atom. The van der Waals surface area contributed by atoms with Gasteiger partial charge >= 0.3 is 0 Å². The van der Waals surface area contributed by atoms with Crippen LogP contribution in [0, 0.1) is 5.41 Å². The average Bonchev–Trinajstić information content (AvgIpc) is 2.39. The molecule has 108 valence electrons. The van der Waals surface area contributed by atoms with E-state index in [1.54, 1.807) is 0 Å². The highest BCUT2D eigenvalue weighted by molar-refractivity contribution is 4.87. The lowest BCUT2D eigenvalue weighted by atomic mass is 9.79. The van der Waals surface area contributed by atoms with Crippen molar-refractivity contribution in [3.05, 3.63) is 0 Å². The van der Waals surface area contributed by atoms with Gasteiger partial charge in [-0.3, -0.25) is 0 Å². The number of hydrogen-bond acceptors (Lipinski definition) is 4. The number of ether oxygens (including phenoxy) is 2. The molecule has 1 aliphatic heterocycles. The van der Waals surface area contributed by atoms with Crippen molar-refractivity contribution in [2.24, 2.45) is 5.41 Å². The molecule has 0 amide bonds. The van der Waals surface area contributed by atoms with Gasteiger partial charge in [0.15, 0.2) is 0 Å². The molecule has 0 spiro atoms. The number of rotatable bonds is 9. The SMILES string of the molecule is CCOCCN(CC)CC1(COC)CCNCC1. The van der Waals surface area contributed by atoms with Gasteiger partial charge in [-0.15, -0.1) is 0 Å². The average molecular weight is 258 g/mol. The summed E-state index contributed by atoms with van der Waals surface area (Å²) in [6.45, 7) is 12.3. The number of likely N-dealkylation sites (N-methyl/N-ethyl adjacent to an activating group) is 1. The van der Waals surface area contributed by atoms with E-state index in [1.807, 2.05) is 7.11 Å². The molecular weight excluding hydrogens is 228 g/mol. The monoisotopic (exact) mass is 258 g/mol. The summed E-state index contributed by atoms with van der Waals surface area (Å²) in [4.78, 5) is 2.50. The molecule has 0 aromatic carbocycles. The van der Waals surface area contributed by atoms with Gasteiger partial charge in [0.2, 0.25) is 0 Å². The molecular formula is C14H30N2O2. The van der Waals surface area contributed by atoms with Crippen LogP contribution in [0.2, 0.25) is 0 Å². The Morgan fingerprint density at radius 3 is 2.50 bits per heavy atom. The fraction of sp³-hybridized carbons (Fsp3) is 1.00. The van der Waals surface area contributed by atoms with Gasteiger partial charge in [0.25, 0.3) is 0 Å². The highest BCUT2D eigenvalue weighted by Crippen LogP contribution is 2.30. The van der Waals surface area contributed by atoms with Crippen LogP contribution >= 0.6 is 0 Å². The largest absolute Gasteiger partial charge is 0.384 e. The van der Waals surface area contributed by atoms with E-state index < -0.39 is 0 Å². The summed E-state index contributed by atoms with van der Waals surface area (Å²) in [6, 6.07) is 0. The number of piperidine rings is 1. The number of nitrogens with one attached hydrogen (secondary N) is 1. The summed E-state index contributed by atoms with van der Waals surface area (Å²) >= 11 is 0. The van der Waals surface area contributed by atoms with Gasteiger partial charge in [0.05, 0.1) is 13.2 Å². The van der Waals surface area contributed by atoms with E-state index in [0.29, 0.717) is 5.41 Å². The summed E-state index contributed by atoms with van der Waals surface area (Å²) in [5, 5.41) is 3.44. The van der Waals surface area contributed by atoms with Crippen molar-refractivity contribution < 1.29 is 9.47 Å². The Labute approximate surface area is 112 Å². The van der Waals surface area contributed by atoms with E-state index in [1.165, 1.54) is 12.8 Å². The minimum atomic E-state index is 0.336. The molecule has 0 atom stereocenters. The first kappa shape index (κ1) is 15.9. The van der Waals surface area contributed by atoms with Crippen molar-refractivity contribution in [3.8, 4) is 0 Å². The molecule has 1 rings (SSSR count). The van der Waals surface area contributed by atoms with E-state index in [9.17, 15) is 0 Å². The molecule has 18 heavy (non-hydrogen) atoms. The molecule has 4 heteroatoms. The highest BCUT2D eigenvalue weighted by Gasteiger charge is 2.33. The Morgan fingerprint density at radius 2 is 1.94 bits per heavy atom. The summed E-state index contributed by atoms with van der Waals surface area (Å²) < 4.78 is 10.9. The molecule has 1 fully saturated rings. The van der Waals surface area contributed by atoms with Crippen LogP contribution in [0.25, 0.3) is 0 Å². The Kier molecular flexibility index (Phi) is 7.82. The smallest absolute Gasteiger partial charge is 0.0593 e. The van der Waals surface area contributed by atoms with Gasteiger partial charge in [-0.1, -0.05) is 6.92 Å². The third-order valence-electron chi connectivity index (χ3n) is 3.88. The molecule has 0 saturated carbocycles. The minimum absolute atomic E-state index is 0.336. The first-order chi connectivity index (χ1) is 8.76. The zero-order valence-electron chi connectivity index (χ0n) is 12.3. The third-order valence-corrected chi connectivity index (χ3v) is 3.88. The van der Waals surface area contributed by atoms with Crippen molar-refractivity contribution in [2.45, 2.75) is 26.7 Å². The van der Waals surface area contributed by atoms with Crippen LogP contribution in [0.3, 0.4) is 0 Å². The number of nitrogens with zero attached hydrogens (tertiary/aromatic N) is 1. The summed E-state index contributed by atoms with van der Waals surface area (Å²) in [7, 11) is 1.82. The van der Waals surface area contributed by atoms with Gasteiger partial charge in [-0.2, -0.15) is 0 Å². The fourth-order valence-corrected chi connectivity index (χ4v) is 2.77. The lowest BCUT2D eigenvalue weighted by molar-refractivity contribution is 0.0153. The van der Waals surface area contributed by atoms with Crippen molar-refractivity contribution in [2.75, 3.05) is 59.7 Å². The maximum absolute atomic E-state index is 5.47. The second-order valence-electron chi connectivity index (χ2n) is 5.25. The van der Waals surface area contributed by atoms with Crippen LogP contribution in [0.4, 0.5) is 0 Å². The minimum Gasteiger partial charge on any atom is -0.384 e. The molecule has 1 N–H and O–H groups in total. The van der Waals surface area contributed by atoms with Crippen molar-refractivity contribution in [1.29, 1.82) is 0 Å². The van der Waals surface area contributed by atoms with Crippen LogP contribution in [-0.2, 0) is 9.47 Å². The molecule has 0 aliphatic carbocycles. The maximum atomic E-state index is 5.47. The maximum Gasteiger partial charge on any atom is 0.0593 e. The van der Waals surface area contributed by atoms with E-state index >= 15 is 0 Å². The van der Waals surface area contributed by atoms with Crippen LogP contribution < -0.4 is 5.32 Å². The summed E-state index contributed by atoms with van der Waals surface area (Å²) in [6.07, 6.45) is 2.43. The van der Waals surface area contributed by atoms with Gasteiger partial charge in [0, 0.05) is 32.2 Å². The van der Waals surface area contributed by atoms with Gasteiger partial charge in [0.1, 0.15) is 0 Å². The normalized spacial score (nSPS) is 19.3. The Hall–Kier alpha value is -0.160. The van der Waals surface area contributed by atoms with Crippen molar-refractivity contribution in [1.82, 2.24) is 10.2 Å². The van der Waals surface area contributed by atoms with Crippen LogP contribution in [0.15, 0.2) is 0 Å². The molecule has 4 nitrogen and oxygen atoms in total. The quantitative estimate of drug-likeness (QED) is 0.633. The van der Waals surface area contributed by atoms with E-state index in [2.05, 4.69) is 24.1 Å². The zero-order chi connectivity index (χ0) is 13.3.